The Balaban J connectivity index is 0.000000105. The van der Waals surface area contributed by atoms with E-state index in [0.717, 1.165) is 95.4 Å². The molecule has 20 aromatic carbocycles. The summed E-state index contributed by atoms with van der Waals surface area (Å²) in [6.07, 6.45) is 0. The highest BCUT2D eigenvalue weighted by atomic mass is 32.1. The molecule has 650 valence electrons. The maximum atomic E-state index is 6.37. The van der Waals surface area contributed by atoms with Crippen molar-refractivity contribution < 1.29 is 8.83 Å². The number of para-hydroxylation sites is 9. The van der Waals surface area contributed by atoms with Gasteiger partial charge in [0.2, 0.25) is 0 Å². The highest BCUT2D eigenvalue weighted by Gasteiger charge is 2.26. The van der Waals surface area contributed by atoms with Gasteiger partial charge >= 0.3 is 0 Å². The van der Waals surface area contributed by atoms with Crippen molar-refractivity contribution in [1.82, 2.24) is 9.13 Å². The van der Waals surface area contributed by atoms with Crippen molar-refractivity contribution in [3.8, 4) is 44.8 Å². The molecule has 7 nitrogen and oxygen atoms in total. The number of nitrogens with zero attached hydrogens (tertiary/aromatic N) is 5. The van der Waals surface area contributed by atoms with Gasteiger partial charge < -0.3 is 32.7 Å². The maximum Gasteiger partial charge on any atom is 0.154 e. The van der Waals surface area contributed by atoms with Gasteiger partial charge in [-0.15, -0.1) is 56.7 Å². The van der Waals surface area contributed by atoms with Gasteiger partial charge in [-0.05, 0) is 234 Å². The number of thiophene rings is 5. The average Bonchev–Trinajstić information content (AvgIpc) is 1.56. The number of aromatic nitrogens is 2. The lowest BCUT2D eigenvalue weighted by molar-refractivity contribution is 0.669. The Morgan fingerprint density at radius 3 is 1.15 bits per heavy atom. The molecule has 0 saturated carbocycles. The van der Waals surface area contributed by atoms with E-state index in [9.17, 15) is 0 Å². The van der Waals surface area contributed by atoms with Crippen LogP contribution in [0.3, 0.4) is 0 Å². The highest BCUT2D eigenvalue weighted by molar-refractivity contribution is 7.37. The van der Waals surface area contributed by atoms with Gasteiger partial charge in [-0.3, -0.25) is 0 Å². The van der Waals surface area contributed by atoms with E-state index in [1.807, 2.05) is 63.5 Å². The molecule has 12 heteroatoms. The molecule has 0 bridgehead atoms. The van der Waals surface area contributed by atoms with E-state index in [2.05, 4.69) is 485 Å². The molecule has 0 atom stereocenters. The van der Waals surface area contributed by atoms with Gasteiger partial charge in [-0.2, -0.15) is 0 Å². The van der Waals surface area contributed by atoms with Crippen molar-refractivity contribution in [3.05, 3.63) is 479 Å². The smallest absolute Gasteiger partial charge is 0.154 e. The minimum absolute atomic E-state index is 0.920. The molecule has 138 heavy (non-hydrogen) atoms. The Bertz CT molecular complexity index is 9770. The largest absolute Gasteiger partial charge is 0.456 e. The monoisotopic (exact) mass is 1850 g/mol. The zero-order chi connectivity index (χ0) is 90.8. The van der Waals surface area contributed by atoms with Crippen LogP contribution >= 0.6 is 56.7 Å². The second-order valence-electron chi connectivity index (χ2n) is 34.9. The predicted octanol–water partition coefficient (Wildman–Crippen LogP) is 38.8. The fraction of sp³-hybridized carbons (Fsp3) is 0. The number of rotatable bonds is 14. The van der Waals surface area contributed by atoms with Crippen molar-refractivity contribution in [2.24, 2.45) is 0 Å². The fourth-order valence-corrected chi connectivity index (χ4v) is 27.1. The van der Waals surface area contributed by atoms with Crippen LogP contribution in [0.5, 0.6) is 0 Å². The molecule has 9 aromatic heterocycles. The van der Waals surface area contributed by atoms with Crippen LogP contribution in [0.25, 0.3) is 201 Å². The molecule has 0 aliphatic heterocycles. The molecule has 0 aliphatic carbocycles. The van der Waals surface area contributed by atoms with E-state index < -0.39 is 0 Å². The Hall–Kier alpha value is -16.7. The van der Waals surface area contributed by atoms with Crippen LogP contribution in [0.4, 0.5) is 51.2 Å². The van der Waals surface area contributed by atoms with Crippen LogP contribution in [-0.4, -0.2) is 9.13 Å². The number of hydrogen-bond donors (Lipinski definition) is 0. The van der Waals surface area contributed by atoms with Gasteiger partial charge in [0.15, 0.2) is 5.58 Å². The Morgan fingerprint density at radius 2 is 0.536 bits per heavy atom. The SMILES string of the molecule is c1ccc(-c2ccccc2N(c2ccc3c(c2)sc2c4ccccc4oc32)c2ccc3c(c2)c2ccccc2n3-c2ccccc2)cc1.c1ccc(N(c2ccc(-c3ccc4oc5ccccc5c4c3)cc2)c2ccc3c(c2)sc2c4ccccc4sc32)cc1.c1ccc(N(c2cccc(-c3ccc4c(c3)sc3c5ccccc5sc43)c2)c2ccc3c(c2)c2ccccc2n3-c2ccccc2)cc1. The summed E-state index contributed by atoms with van der Waals surface area (Å²) in [5, 5.41) is 15.0. The molecule has 0 radical (unpaired) electrons. The molecule has 29 aromatic rings. The van der Waals surface area contributed by atoms with E-state index in [1.54, 1.807) is 11.3 Å². The second kappa shape index (κ2) is 33.7. The van der Waals surface area contributed by atoms with Gasteiger partial charge in [0, 0.05) is 151 Å². The molecule has 9 heterocycles. The first-order valence-corrected chi connectivity index (χ1v) is 50.5. The van der Waals surface area contributed by atoms with Crippen molar-refractivity contribution in [3.63, 3.8) is 0 Å². The van der Waals surface area contributed by atoms with Crippen LogP contribution in [0.1, 0.15) is 0 Å². The van der Waals surface area contributed by atoms with Crippen molar-refractivity contribution in [2.75, 3.05) is 14.7 Å². The topological polar surface area (TPSA) is 45.9 Å². The first-order chi connectivity index (χ1) is 68.4. The molecule has 0 spiro atoms. The van der Waals surface area contributed by atoms with Crippen LogP contribution in [0, 0.1) is 0 Å². The molecule has 0 N–H and O–H groups in total. The first-order valence-electron chi connectivity index (χ1n) is 46.4. The van der Waals surface area contributed by atoms with Crippen molar-refractivity contribution in [2.45, 2.75) is 0 Å². The second-order valence-corrected chi connectivity index (χ2v) is 40.2. The summed E-state index contributed by atoms with van der Waals surface area (Å²) < 4.78 is 30.5. The average molecular weight is 1860 g/mol. The third-order valence-electron chi connectivity index (χ3n) is 26.8. The quantitative estimate of drug-likeness (QED) is 0.109. The van der Waals surface area contributed by atoms with Gasteiger partial charge in [-0.25, -0.2) is 0 Å². The van der Waals surface area contributed by atoms with E-state index in [-0.39, 0.29) is 0 Å². The molecule has 0 saturated heterocycles. The zero-order valence-corrected chi connectivity index (χ0v) is 78.3. The Morgan fingerprint density at radius 1 is 0.174 bits per heavy atom. The highest BCUT2D eigenvalue weighted by Crippen LogP contribution is 2.53. The normalized spacial score (nSPS) is 11.8. The molecule has 0 unspecified atom stereocenters. The van der Waals surface area contributed by atoms with Crippen LogP contribution in [0.2, 0.25) is 0 Å². The minimum Gasteiger partial charge on any atom is -0.456 e. The van der Waals surface area contributed by atoms with Gasteiger partial charge in [0.05, 0.1) is 51.3 Å². The third-order valence-corrected chi connectivity index (χ3v) is 33.0. The summed E-state index contributed by atoms with van der Waals surface area (Å²) in [5.41, 5.74) is 28.2. The number of hydrogen-bond acceptors (Lipinski definition) is 10. The molecule has 0 aliphatic rings. The fourth-order valence-electron chi connectivity index (χ4n) is 20.5. The zero-order valence-electron chi connectivity index (χ0n) is 74.2. The molecule has 29 rings (SSSR count). The maximum absolute atomic E-state index is 6.37. The Kier molecular flexibility index (Phi) is 19.8. The summed E-state index contributed by atoms with van der Waals surface area (Å²) in [6, 6.07) is 172. The van der Waals surface area contributed by atoms with Gasteiger partial charge in [0.1, 0.15) is 16.7 Å². The number of fused-ring (bicyclic) bond motifs is 24. The molecular weight excluding hydrogens is 1780 g/mol. The summed E-state index contributed by atoms with van der Waals surface area (Å²) >= 11 is 9.41. The first kappa shape index (κ1) is 80.9. The molecule has 0 fully saturated rings. The van der Waals surface area contributed by atoms with Crippen LogP contribution in [-0.2, 0) is 0 Å². The van der Waals surface area contributed by atoms with Crippen LogP contribution in [0.15, 0.2) is 488 Å². The van der Waals surface area contributed by atoms with E-state index in [4.69, 9.17) is 8.83 Å². The summed E-state index contributed by atoms with van der Waals surface area (Å²) in [7, 11) is 0. The van der Waals surface area contributed by atoms with Crippen molar-refractivity contribution in [1.29, 1.82) is 0 Å². The summed E-state index contributed by atoms with van der Waals surface area (Å²) in [4.78, 5) is 7.14. The predicted molar refractivity (Wildman–Crippen MR) is 595 cm³/mol. The minimum atomic E-state index is 0.920. The molecular formula is C126H79N5O2S5. The number of benzene rings is 20. The summed E-state index contributed by atoms with van der Waals surface area (Å²) in [6.45, 7) is 0. The lowest BCUT2D eigenvalue weighted by atomic mass is 10.0. The lowest BCUT2D eigenvalue weighted by Gasteiger charge is -2.28. The molecule has 0 amide bonds. The third kappa shape index (κ3) is 13.9. The van der Waals surface area contributed by atoms with Crippen LogP contribution < -0.4 is 14.7 Å². The Labute approximate surface area is 813 Å². The number of anilines is 9. The van der Waals surface area contributed by atoms with E-state index >= 15 is 0 Å². The van der Waals surface area contributed by atoms with Gasteiger partial charge in [0.25, 0.3) is 0 Å². The summed E-state index contributed by atoms with van der Waals surface area (Å²) in [5.74, 6) is 0. The van der Waals surface area contributed by atoms with Crippen molar-refractivity contribution >= 4 is 264 Å². The van der Waals surface area contributed by atoms with E-state index in [0.29, 0.717) is 0 Å². The van der Waals surface area contributed by atoms with E-state index in [1.165, 1.54) is 157 Å². The standard InChI is InChI=1S/C44H28N2OS.C44H28N2S2.C38H23NOS2/c1-3-13-29(14-4-1)33-17-7-10-20-38(33)45(32-23-25-36-42(28-32)48-44-35-19-9-12-22-41(35)47-43(36)44)31-24-26-40-37(27-31)34-18-8-11-21-39(34)46(40)30-15-5-2-6-16-30;1-3-13-31(14-4-1)45(34-23-25-40-38(28-34)35-18-7-9-20-39(35)46(40)32-15-5-2-6-16-32)33-17-11-12-29(26-33)30-22-24-37-42(27-30)48-43-36-19-8-10-21-41(36)47-44(37)43;1-2-8-26(9-3-1)39(28-19-20-31-36(23-28)42-37-30-11-5-7-13-35(30)41-38(31)37)27-17-14-24(15-18-27)25-16-21-34-32(22-25)29-10-4-6-12-33(29)40-34/h2*1-28H;1-23H. The number of furan rings is 2. The lowest BCUT2D eigenvalue weighted by Crippen LogP contribution is -2.11. The van der Waals surface area contributed by atoms with Gasteiger partial charge in [-0.1, -0.05) is 273 Å².